The van der Waals surface area contributed by atoms with Gasteiger partial charge in [-0.15, -0.1) is 0 Å². The predicted molar refractivity (Wildman–Crippen MR) is 92.5 cm³/mol. The molecule has 0 saturated carbocycles. The molecule has 6 nitrogen and oxygen atoms in total. The number of benzene rings is 1. The molecule has 0 aliphatic carbocycles. The Morgan fingerprint density at radius 1 is 1.33 bits per heavy atom. The summed E-state index contributed by atoms with van der Waals surface area (Å²) in [5.41, 5.74) is 1.15. The molecule has 3 rings (SSSR count). The first-order valence-corrected chi connectivity index (χ1v) is 8.30. The van der Waals surface area contributed by atoms with Crippen molar-refractivity contribution in [3.63, 3.8) is 0 Å². The zero-order valence-electron chi connectivity index (χ0n) is 14.0. The third-order valence-corrected chi connectivity index (χ3v) is 4.17. The van der Waals surface area contributed by atoms with E-state index in [0.29, 0.717) is 18.0 Å². The van der Waals surface area contributed by atoms with E-state index in [-0.39, 0.29) is 5.91 Å². The average molecular weight is 329 g/mol. The number of aromatic nitrogens is 1. The number of hydrogen-bond donors (Lipinski definition) is 1. The highest BCUT2D eigenvalue weighted by Gasteiger charge is 2.13. The first-order valence-electron chi connectivity index (χ1n) is 8.30. The van der Waals surface area contributed by atoms with Gasteiger partial charge >= 0.3 is 0 Å². The van der Waals surface area contributed by atoms with Crippen LogP contribution >= 0.6 is 0 Å². The standard InChI is InChI=1S/C18H23N3O3/c1-23-17-13-16(20-15-6-3-2-5-14(15)17)18(22)19-7-4-8-21-9-11-24-12-10-21/h2-3,5-6,13H,4,7-12H2,1H3,(H,19,22). The summed E-state index contributed by atoms with van der Waals surface area (Å²) in [6.07, 6.45) is 0.913. The van der Waals surface area contributed by atoms with Crippen LogP contribution in [-0.4, -0.2) is 62.3 Å². The molecule has 6 heteroatoms. The molecule has 1 fully saturated rings. The minimum absolute atomic E-state index is 0.166. The normalized spacial score (nSPS) is 15.4. The minimum Gasteiger partial charge on any atom is -0.496 e. The van der Waals surface area contributed by atoms with Crippen molar-refractivity contribution >= 4 is 16.8 Å². The van der Waals surface area contributed by atoms with Gasteiger partial charge in [0.15, 0.2) is 0 Å². The SMILES string of the molecule is COc1cc(C(=O)NCCCN2CCOCC2)nc2ccccc12. The molecule has 2 heterocycles. The summed E-state index contributed by atoms with van der Waals surface area (Å²) in [5, 5.41) is 3.85. The zero-order valence-corrected chi connectivity index (χ0v) is 14.0. The van der Waals surface area contributed by atoms with Gasteiger partial charge in [-0.3, -0.25) is 9.69 Å². The zero-order chi connectivity index (χ0) is 16.8. The van der Waals surface area contributed by atoms with Crippen molar-refractivity contribution < 1.29 is 14.3 Å². The number of amides is 1. The largest absolute Gasteiger partial charge is 0.496 e. The van der Waals surface area contributed by atoms with E-state index in [9.17, 15) is 4.79 Å². The number of hydrogen-bond acceptors (Lipinski definition) is 5. The van der Waals surface area contributed by atoms with E-state index in [4.69, 9.17) is 9.47 Å². The van der Waals surface area contributed by atoms with Crippen molar-refractivity contribution in [3.05, 3.63) is 36.0 Å². The fourth-order valence-electron chi connectivity index (χ4n) is 2.85. The van der Waals surface area contributed by atoms with Gasteiger partial charge < -0.3 is 14.8 Å². The lowest BCUT2D eigenvalue weighted by molar-refractivity contribution is 0.0374. The number of nitrogens with zero attached hydrogens (tertiary/aromatic N) is 2. The van der Waals surface area contributed by atoms with Crippen LogP contribution in [0, 0.1) is 0 Å². The summed E-state index contributed by atoms with van der Waals surface area (Å²) >= 11 is 0. The Morgan fingerprint density at radius 2 is 2.12 bits per heavy atom. The van der Waals surface area contributed by atoms with Gasteiger partial charge in [0.25, 0.3) is 5.91 Å². The van der Waals surface area contributed by atoms with Gasteiger partial charge in [-0.2, -0.15) is 0 Å². The van der Waals surface area contributed by atoms with E-state index >= 15 is 0 Å². The van der Waals surface area contributed by atoms with Gasteiger partial charge in [-0.05, 0) is 25.1 Å². The fourth-order valence-corrected chi connectivity index (χ4v) is 2.85. The Labute approximate surface area is 141 Å². The molecule has 1 N–H and O–H groups in total. The predicted octanol–water partition coefficient (Wildman–Crippen LogP) is 1.70. The van der Waals surface area contributed by atoms with Gasteiger partial charge in [0, 0.05) is 31.1 Å². The van der Waals surface area contributed by atoms with E-state index in [1.165, 1.54) is 0 Å². The van der Waals surface area contributed by atoms with Crippen LogP contribution in [0.15, 0.2) is 30.3 Å². The molecule has 0 atom stereocenters. The third-order valence-electron chi connectivity index (χ3n) is 4.17. The van der Waals surface area contributed by atoms with Crippen LogP contribution in [0.5, 0.6) is 5.75 Å². The number of ether oxygens (including phenoxy) is 2. The van der Waals surface area contributed by atoms with Crippen LogP contribution in [0.4, 0.5) is 0 Å². The van der Waals surface area contributed by atoms with E-state index in [2.05, 4.69) is 15.2 Å². The summed E-state index contributed by atoms with van der Waals surface area (Å²) in [6.45, 7) is 5.14. The lowest BCUT2D eigenvalue weighted by atomic mass is 10.1. The maximum atomic E-state index is 12.3. The quantitative estimate of drug-likeness (QED) is 0.817. The Kier molecular flexibility index (Phi) is 5.61. The highest BCUT2D eigenvalue weighted by Crippen LogP contribution is 2.24. The topological polar surface area (TPSA) is 63.7 Å². The molecule has 0 radical (unpaired) electrons. The van der Waals surface area contributed by atoms with Crippen LogP contribution in [0.1, 0.15) is 16.9 Å². The molecular weight excluding hydrogens is 306 g/mol. The van der Waals surface area contributed by atoms with Gasteiger partial charge in [0.05, 0.1) is 25.8 Å². The van der Waals surface area contributed by atoms with Gasteiger partial charge in [-0.25, -0.2) is 4.98 Å². The number of fused-ring (bicyclic) bond motifs is 1. The molecule has 1 aromatic carbocycles. The molecule has 0 bridgehead atoms. The first-order chi connectivity index (χ1) is 11.8. The van der Waals surface area contributed by atoms with Crippen LogP contribution in [0.2, 0.25) is 0 Å². The molecule has 2 aromatic rings. The average Bonchev–Trinajstić information content (AvgIpc) is 2.65. The van der Waals surface area contributed by atoms with Crippen molar-refractivity contribution in [3.8, 4) is 5.75 Å². The van der Waals surface area contributed by atoms with Crippen LogP contribution in [0.3, 0.4) is 0 Å². The molecule has 0 unspecified atom stereocenters. The minimum atomic E-state index is -0.166. The molecule has 1 saturated heterocycles. The summed E-state index contributed by atoms with van der Waals surface area (Å²) in [7, 11) is 1.60. The van der Waals surface area contributed by atoms with Crippen molar-refractivity contribution in [2.45, 2.75) is 6.42 Å². The second-order valence-corrected chi connectivity index (χ2v) is 5.79. The highest BCUT2D eigenvalue weighted by molar-refractivity contribution is 5.96. The first kappa shape index (κ1) is 16.7. The smallest absolute Gasteiger partial charge is 0.270 e. The summed E-state index contributed by atoms with van der Waals surface area (Å²) in [5.74, 6) is 0.500. The number of nitrogens with one attached hydrogen (secondary N) is 1. The second kappa shape index (κ2) is 8.08. The van der Waals surface area contributed by atoms with Gasteiger partial charge in [0.1, 0.15) is 11.4 Å². The third kappa shape index (κ3) is 4.01. The number of methoxy groups -OCH3 is 1. The fraction of sp³-hybridized carbons (Fsp3) is 0.444. The number of carbonyl (C=O) groups excluding carboxylic acids is 1. The summed E-state index contributed by atoms with van der Waals surface area (Å²) in [4.78, 5) is 19.1. The Hall–Kier alpha value is -2.18. The van der Waals surface area contributed by atoms with E-state index in [0.717, 1.165) is 50.2 Å². The van der Waals surface area contributed by atoms with E-state index in [1.54, 1.807) is 13.2 Å². The lowest BCUT2D eigenvalue weighted by Gasteiger charge is -2.26. The second-order valence-electron chi connectivity index (χ2n) is 5.79. The van der Waals surface area contributed by atoms with Crippen LogP contribution in [0.25, 0.3) is 10.9 Å². The molecule has 1 aliphatic heterocycles. The maximum absolute atomic E-state index is 12.3. The molecule has 128 valence electrons. The van der Waals surface area contributed by atoms with Crippen molar-refractivity contribution in [1.82, 2.24) is 15.2 Å². The molecule has 24 heavy (non-hydrogen) atoms. The number of para-hydroxylation sites is 1. The van der Waals surface area contributed by atoms with Gasteiger partial charge in [0.2, 0.25) is 0 Å². The van der Waals surface area contributed by atoms with Crippen molar-refractivity contribution in [1.29, 1.82) is 0 Å². The Bertz CT molecular complexity index is 699. The maximum Gasteiger partial charge on any atom is 0.270 e. The molecular formula is C18H23N3O3. The number of rotatable bonds is 6. The van der Waals surface area contributed by atoms with Crippen molar-refractivity contribution in [2.24, 2.45) is 0 Å². The Morgan fingerprint density at radius 3 is 2.92 bits per heavy atom. The summed E-state index contributed by atoms with van der Waals surface area (Å²) < 4.78 is 10.7. The highest BCUT2D eigenvalue weighted by atomic mass is 16.5. The Balaban J connectivity index is 1.57. The number of pyridine rings is 1. The van der Waals surface area contributed by atoms with Crippen molar-refractivity contribution in [2.75, 3.05) is 46.5 Å². The molecule has 0 spiro atoms. The molecule has 1 amide bonds. The number of carbonyl (C=O) groups is 1. The van der Waals surface area contributed by atoms with Crippen LogP contribution < -0.4 is 10.1 Å². The lowest BCUT2D eigenvalue weighted by Crippen LogP contribution is -2.38. The summed E-state index contributed by atoms with van der Waals surface area (Å²) in [6, 6.07) is 9.34. The number of morpholine rings is 1. The molecule has 1 aliphatic rings. The van der Waals surface area contributed by atoms with Crippen LogP contribution in [-0.2, 0) is 4.74 Å². The van der Waals surface area contributed by atoms with E-state index < -0.39 is 0 Å². The van der Waals surface area contributed by atoms with Gasteiger partial charge in [-0.1, -0.05) is 12.1 Å². The van der Waals surface area contributed by atoms with E-state index in [1.807, 2.05) is 24.3 Å². The molecule has 1 aromatic heterocycles. The monoisotopic (exact) mass is 329 g/mol.